The number of thiophene rings is 1. The van der Waals surface area contributed by atoms with Crippen molar-refractivity contribution >= 4 is 28.4 Å². The van der Waals surface area contributed by atoms with Crippen LogP contribution in [0.3, 0.4) is 0 Å². The van der Waals surface area contributed by atoms with E-state index >= 15 is 0 Å². The SMILES string of the molecule is CCOc1cc(Nc2ccsc2)c(N)cc1F. The van der Waals surface area contributed by atoms with E-state index in [1.54, 1.807) is 17.4 Å². The third-order valence-electron chi connectivity index (χ3n) is 2.20. The fraction of sp³-hybridized carbons (Fsp3) is 0.167. The number of nitrogens with one attached hydrogen (secondary N) is 1. The van der Waals surface area contributed by atoms with Crippen molar-refractivity contribution in [2.45, 2.75) is 6.92 Å². The minimum absolute atomic E-state index is 0.208. The van der Waals surface area contributed by atoms with Crippen LogP contribution in [0.5, 0.6) is 5.75 Å². The molecule has 0 aliphatic heterocycles. The molecule has 0 radical (unpaired) electrons. The smallest absolute Gasteiger partial charge is 0.167 e. The molecule has 3 N–H and O–H groups in total. The Morgan fingerprint density at radius 3 is 2.94 bits per heavy atom. The standard InChI is InChI=1S/C12H13FN2OS/c1-2-16-12-6-11(10(14)5-9(12)13)15-8-3-4-17-7-8/h3-7,15H,2,14H2,1H3. The Morgan fingerprint density at radius 2 is 2.29 bits per heavy atom. The fourth-order valence-electron chi connectivity index (χ4n) is 1.43. The molecule has 17 heavy (non-hydrogen) atoms. The highest BCUT2D eigenvalue weighted by Crippen LogP contribution is 2.31. The summed E-state index contributed by atoms with van der Waals surface area (Å²) in [7, 11) is 0. The van der Waals surface area contributed by atoms with E-state index in [0.717, 1.165) is 5.69 Å². The summed E-state index contributed by atoms with van der Waals surface area (Å²) >= 11 is 1.57. The number of nitrogens with two attached hydrogens (primary N) is 1. The van der Waals surface area contributed by atoms with E-state index < -0.39 is 5.82 Å². The van der Waals surface area contributed by atoms with Gasteiger partial charge in [-0.3, -0.25) is 0 Å². The summed E-state index contributed by atoms with van der Waals surface area (Å²) in [5, 5.41) is 7.01. The predicted octanol–water partition coefficient (Wildman–Crippen LogP) is 3.61. The molecular weight excluding hydrogens is 239 g/mol. The maximum atomic E-state index is 13.5. The third-order valence-corrected chi connectivity index (χ3v) is 2.89. The molecule has 5 heteroatoms. The molecule has 0 saturated carbocycles. The van der Waals surface area contributed by atoms with Gasteiger partial charge in [-0.05, 0) is 18.4 Å². The van der Waals surface area contributed by atoms with Crippen LogP contribution in [-0.2, 0) is 0 Å². The van der Waals surface area contributed by atoms with Gasteiger partial charge in [-0.1, -0.05) is 0 Å². The van der Waals surface area contributed by atoms with Crippen LogP contribution >= 0.6 is 11.3 Å². The first-order chi connectivity index (χ1) is 8.20. The summed E-state index contributed by atoms with van der Waals surface area (Å²) < 4.78 is 18.6. The Morgan fingerprint density at radius 1 is 1.47 bits per heavy atom. The Bertz CT molecular complexity index is 499. The van der Waals surface area contributed by atoms with E-state index in [1.807, 2.05) is 23.8 Å². The van der Waals surface area contributed by atoms with Crippen molar-refractivity contribution in [3.63, 3.8) is 0 Å². The Kier molecular flexibility index (Phi) is 3.49. The van der Waals surface area contributed by atoms with Crippen molar-refractivity contribution in [2.75, 3.05) is 17.7 Å². The monoisotopic (exact) mass is 252 g/mol. The minimum atomic E-state index is -0.444. The first-order valence-electron chi connectivity index (χ1n) is 5.21. The lowest BCUT2D eigenvalue weighted by Gasteiger charge is -2.11. The quantitative estimate of drug-likeness (QED) is 0.817. The summed E-state index contributed by atoms with van der Waals surface area (Å²) in [5.41, 5.74) is 7.68. The molecule has 2 aromatic rings. The van der Waals surface area contributed by atoms with Crippen LogP contribution in [0.25, 0.3) is 0 Å². The highest BCUT2D eigenvalue weighted by Gasteiger charge is 2.09. The normalized spacial score (nSPS) is 10.2. The summed E-state index contributed by atoms with van der Waals surface area (Å²) in [6.45, 7) is 2.22. The number of benzene rings is 1. The molecule has 0 saturated heterocycles. The molecule has 1 heterocycles. The van der Waals surface area contributed by atoms with Crippen molar-refractivity contribution < 1.29 is 9.13 Å². The van der Waals surface area contributed by atoms with Crippen molar-refractivity contribution in [3.8, 4) is 5.75 Å². The van der Waals surface area contributed by atoms with Crippen LogP contribution in [0.1, 0.15) is 6.92 Å². The Balaban J connectivity index is 2.29. The number of halogens is 1. The van der Waals surface area contributed by atoms with Gasteiger partial charge in [-0.2, -0.15) is 11.3 Å². The fourth-order valence-corrected chi connectivity index (χ4v) is 2.02. The second-order valence-corrected chi connectivity index (χ2v) is 4.22. The summed E-state index contributed by atoms with van der Waals surface area (Å²) in [4.78, 5) is 0. The van der Waals surface area contributed by atoms with Gasteiger partial charge in [0.25, 0.3) is 0 Å². The first kappa shape index (κ1) is 11.7. The molecule has 1 aromatic heterocycles. The number of hydrogen-bond donors (Lipinski definition) is 2. The molecule has 0 aliphatic carbocycles. The number of nitrogen functional groups attached to an aromatic ring is 1. The minimum Gasteiger partial charge on any atom is -0.491 e. The van der Waals surface area contributed by atoms with Gasteiger partial charge in [0.15, 0.2) is 11.6 Å². The average Bonchev–Trinajstić information content (AvgIpc) is 2.78. The van der Waals surface area contributed by atoms with Gasteiger partial charge in [-0.15, -0.1) is 0 Å². The van der Waals surface area contributed by atoms with Gasteiger partial charge in [-0.25, -0.2) is 4.39 Å². The maximum absolute atomic E-state index is 13.5. The molecule has 2 rings (SSSR count). The van der Waals surface area contributed by atoms with Crippen molar-refractivity contribution in [1.82, 2.24) is 0 Å². The molecule has 0 atom stereocenters. The lowest BCUT2D eigenvalue weighted by Crippen LogP contribution is -2.00. The zero-order chi connectivity index (χ0) is 12.3. The van der Waals surface area contributed by atoms with Crippen LogP contribution in [-0.4, -0.2) is 6.61 Å². The molecule has 1 aromatic carbocycles. The predicted molar refractivity (Wildman–Crippen MR) is 69.6 cm³/mol. The molecular formula is C12H13FN2OS. The summed E-state index contributed by atoms with van der Waals surface area (Å²) in [6, 6.07) is 4.76. The second-order valence-electron chi connectivity index (χ2n) is 3.44. The van der Waals surface area contributed by atoms with Gasteiger partial charge in [0.05, 0.1) is 18.0 Å². The lowest BCUT2D eigenvalue weighted by atomic mass is 10.2. The van der Waals surface area contributed by atoms with Gasteiger partial charge >= 0.3 is 0 Å². The van der Waals surface area contributed by atoms with Crippen LogP contribution < -0.4 is 15.8 Å². The lowest BCUT2D eigenvalue weighted by molar-refractivity contribution is 0.322. The molecule has 90 valence electrons. The molecule has 0 spiro atoms. The van der Waals surface area contributed by atoms with Crippen LogP contribution in [0, 0.1) is 5.82 Å². The number of rotatable bonds is 4. The topological polar surface area (TPSA) is 47.3 Å². The second kappa shape index (κ2) is 5.05. The number of anilines is 3. The van der Waals surface area contributed by atoms with Crippen molar-refractivity contribution in [2.24, 2.45) is 0 Å². The van der Waals surface area contributed by atoms with E-state index in [2.05, 4.69) is 5.32 Å². The Labute approximate surface area is 103 Å². The van der Waals surface area contributed by atoms with E-state index in [4.69, 9.17) is 10.5 Å². The van der Waals surface area contributed by atoms with Crippen molar-refractivity contribution in [1.29, 1.82) is 0 Å². The summed E-state index contributed by atoms with van der Waals surface area (Å²) in [5.74, 6) is -0.236. The van der Waals surface area contributed by atoms with E-state index in [1.165, 1.54) is 6.07 Å². The van der Waals surface area contributed by atoms with Gasteiger partial charge in [0.2, 0.25) is 0 Å². The number of hydrogen-bond acceptors (Lipinski definition) is 4. The highest BCUT2D eigenvalue weighted by molar-refractivity contribution is 7.08. The molecule has 0 aliphatic rings. The Hall–Kier alpha value is -1.75. The largest absolute Gasteiger partial charge is 0.491 e. The summed E-state index contributed by atoms with van der Waals surface area (Å²) in [6.07, 6.45) is 0. The zero-order valence-electron chi connectivity index (χ0n) is 9.37. The highest BCUT2D eigenvalue weighted by atomic mass is 32.1. The van der Waals surface area contributed by atoms with Gasteiger partial charge in [0.1, 0.15) is 0 Å². The van der Waals surface area contributed by atoms with E-state index in [0.29, 0.717) is 18.0 Å². The van der Waals surface area contributed by atoms with Crippen LogP contribution in [0.4, 0.5) is 21.5 Å². The van der Waals surface area contributed by atoms with E-state index in [-0.39, 0.29) is 5.75 Å². The van der Waals surface area contributed by atoms with Crippen LogP contribution in [0.2, 0.25) is 0 Å². The third kappa shape index (κ3) is 2.68. The van der Waals surface area contributed by atoms with Crippen LogP contribution in [0.15, 0.2) is 29.0 Å². The molecule has 0 bridgehead atoms. The maximum Gasteiger partial charge on any atom is 0.167 e. The van der Waals surface area contributed by atoms with Gasteiger partial charge < -0.3 is 15.8 Å². The zero-order valence-corrected chi connectivity index (χ0v) is 10.2. The van der Waals surface area contributed by atoms with E-state index in [9.17, 15) is 4.39 Å². The van der Waals surface area contributed by atoms with Crippen molar-refractivity contribution in [3.05, 3.63) is 34.8 Å². The molecule has 0 fully saturated rings. The average molecular weight is 252 g/mol. The molecule has 0 unspecified atom stereocenters. The molecule has 0 amide bonds. The first-order valence-corrected chi connectivity index (χ1v) is 6.16. The number of ether oxygens (including phenoxy) is 1. The van der Waals surface area contributed by atoms with Gasteiger partial charge in [0, 0.05) is 23.2 Å². The molecule has 3 nitrogen and oxygen atoms in total.